The van der Waals surface area contributed by atoms with Crippen LogP contribution in [0.15, 0.2) is 0 Å². The molecule has 1 amide bonds. The van der Waals surface area contributed by atoms with Crippen LogP contribution in [0, 0.1) is 0 Å². The van der Waals surface area contributed by atoms with Crippen molar-refractivity contribution in [2.45, 2.75) is 37.5 Å². The summed E-state index contributed by atoms with van der Waals surface area (Å²) in [5, 5.41) is 3.81. The minimum absolute atomic E-state index is 0.187. The van der Waals surface area contributed by atoms with Gasteiger partial charge in [0, 0.05) is 24.2 Å². The van der Waals surface area contributed by atoms with Gasteiger partial charge in [-0.15, -0.1) is 0 Å². The Kier molecular flexibility index (Phi) is 6.84. The molecule has 94 valence electrons. The Hall–Kier alpha value is -0.260. The molecule has 1 heterocycles. The molecule has 0 aliphatic carbocycles. The van der Waals surface area contributed by atoms with Crippen LogP contribution in [0.4, 0.5) is 0 Å². The monoisotopic (exact) mass is 246 g/mol. The van der Waals surface area contributed by atoms with Gasteiger partial charge in [-0.05, 0) is 25.8 Å². The summed E-state index contributed by atoms with van der Waals surface area (Å²) in [6, 6.07) is -0.187. The number of amides is 1. The molecule has 1 rings (SSSR count). The summed E-state index contributed by atoms with van der Waals surface area (Å²) in [6.45, 7) is 4.63. The van der Waals surface area contributed by atoms with Gasteiger partial charge in [0.25, 0.3) is 0 Å². The van der Waals surface area contributed by atoms with E-state index in [0.717, 1.165) is 44.8 Å². The van der Waals surface area contributed by atoms with Gasteiger partial charge in [0.2, 0.25) is 5.91 Å². The first-order valence-electron chi connectivity index (χ1n) is 5.96. The van der Waals surface area contributed by atoms with Crippen molar-refractivity contribution in [1.82, 2.24) is 5.32 Å². The molecule has 0 aromatic rings. The van der Waals surface area contributed by atoms with Crippen LogP contribution < -0.4 is 11.1 Å². The lowest BCUT2D eigenvalue weighted by Gasteiger charge is -2.23. The second kappa shape index (κ2) is 7.92. The number of hydrogen-bond acceptors (Lipinski definition) is 4. The van der Waals surface area contributed by atoms with E-state index in [1.807, 2.05) is 11.8 Å². The highest BCUT2D eigenvalue weighted by molar-refractivity contribution is 7.99. The lowest BCUT2D eigenvalue weighted by molar-refractivity contribution is -0.119. The van der Waals surface area contributed by atoms with Crippen LogP contribution in [0.5, 0.6) is 0 Å². The fraction of sp³-hybridized carbons (Fsp3) is 0.909. The maximum absolute atomic E-state index is 11.2. The maximum Gasteiger partial charge on any atom is 0.235 e. The standard InChI is InChI=1S/C11H22N2O2S/c1-2-5-13-10(11(12)14)8-16-9-3-6-15-7-4-9/h9-10,13H,2-8H2,1H3,(H2,12,14). The van der Waals surface area contributed by atoms with E-state index in [2.05, 4.69) is 12.2 Å². The van der Waals surface area contributed by atoms with Crippen molar-refractivity contribution in [3.05, 3.63) is 0 Å². The quantitative estimate of drug-likeness (QED) is 0.696. The third kappa shape index (κ3) is 5.18. The fourth-order valence-corrected chi connectivity index (χ4v) is 2.91. The zero-order valence-electron chi connectivity index (χ0n) is 9.91. The van der Waals surface area contributed by atoms with E-state index in [1.54, 1.807) is 0 Å². The van der Waals surface area contributed by atoms with E-state index in [4.69, 9.17) is 10.5 Å². The van der Waals surface area contributed by atoms with Crippen LogP contribution >= 0.6 is 11.8 Å². The van der Waals surface area contributed by atoms with E-state index in [-0.39, 0.29) is 11.9 Å². The van der Waals surface area contributed by atoms with E-state index in [1.165, 1.54) is 0 Å². The average Bonchev–Trinajstić information content (AvgIpc) is 2.30. The van der Waals surface area contributed by atoms with Gasteiger partial charge < -0.3 is 15.8 Å². The van der Waals surface area contributed by atoms with Crippen molar-refractivity contribution in [2.24, 2.45) is 5.73 Å². The fourth-order valence-electron chi connectivity index (χ4n) is 1.64. The molecule has 0 aromatic carbocycles. The number of primary amides is 1. The summed E-state index contributed by atoms with van der Waals surface area (Å²) < 4.78 is 5.30. The Bertz CT molecular complexity index is 208. The lowest BCUT2D eigenvalue weighted by Crippen LogP contribution is -2.44. The molecule has 1 atom stereocenters. The SMILES string of the molecule is CCCNC(CSC1CCOCC1)C(N)=O. The number of carbonyl (C=O) groups excluding carboxylic acids is 1. The largest absolute Gasteiger partial charge is 0.381 e. The highest BCUT2D eigenvalue weighted by atomic mass is 32.2. The van der Waals surface area contributed by atoms with Gasteiger partial charge in [0.15, 0.2) is 0 Å². The minimum atomic E-state index is -0.243. The van der Waals surface area contributed by atoms with E-state index >= 15 is 0 Å². The molecule has 1 fully saturated rings. The van der Waals surface area contributed by atoms with E-state index in [9.17, 15) is 4.79 Å². The molecule has 1 aliphatic heterocycles. The average molecular weight is 246 g/mol. The number of hydrogen-bond donors (Lipinski definition) is 2. The number of rotatable bonds is 7. The molecular formula is C11H22N2O2S. The number of nitrogens with one attached hydrogen (secondary N) is 1. The summed E-state index contributed by atoms with van der Waals surface area (Å²) in [5.41, 5.74) is 5.35. The van der Waals surface area contributed by atoms with Gasteiger partial charge in [-0.25, -0.2) is 0 Å². The van der Waals surface area contributed by atoms with Crippen LogP contribution in [0.25, 0.3) is 0 Å². The Morgan fingerprint density at radius 2 is 2.25 bits per heavy atom. The molecule has 0 saturated carbocycles. The van der Waals surface area contributed by atoms with Gasteiger partial charge in [-0.3, -0.25) is 4.79 Å². The molecule has 1 saturated heterocycles. The summed E-state index contributed by atoms with van der Waals surface area (Å²) in [6.07, 6.45) is 3.19. The molecular weight excluding hydrogens is 224 g/mol. The first kappa shape index (κ1) is 13.8. The zero-order chi connectivity index (χ0) is 11.8. The first-order chi connectivity index (χ1) is 7.74. The van der Waals surface area contributed by atoms with Gasteiger partial charge in [0.05, 0.1) is 6.04 Å². The third-order valence-electron chi connectivity index (χ3n) is 2.65. The van der Waals surface area contributed by atoms with Crippen molar-refractivity contribution in [3.8, 4) is 0 Å². The molecule has 16 heavy (non-hydrogen) atoms. The summed E-state index contributed by atoms with van der Waals surface area (Å²) in [4.78, 5) is 11.2. The molecule has 1 unspecified atom stereocenters. The number of ether oxygens (including phenoxy) is 1. The van der Waals surface area contributed by atoms with Crippen LogP contribution in [0.3, 0.4) is 0 Å². The smallest absolute Gasteiger partial charge is 0.235 e. The van der Waals surface area contributed by atoms with Crippen molar-refractivity contribution in [2.75, 3.05) is 25.5 Å². The summed E-state index contributed by atoms with van der Waals surface area (Å²) in [5.74, 6) is 0.535. The normalized spacial score (nSPS) is 19.6. The highest BCUT2D eigenvalue weighted by Gasteiger charge is 2.19. The first-order valence-corrected chi connectivity index (χ1v) is 7.01. The Morgan fingerprint density at radius 1 is 1.56 bits per heavy atom. The van der Waals surface area contributed by atoms with Gasteiger partial charge in [-0.1, -0.05) is 6.92 Å². The molecule has 0 spiro atoms. The molecule has 0 aromatic heterocycles. The predicted molar refractivity (Wildman–Crippen MR) is 67.6 cm³/mol. The third-order valence-corrected chi connectivity index (χ3v) is 4.12. The second-order valence-corrected chi connectivity index (χ2v) is 5.39. The maximum atomic E-state index is 11.2. The lowest BCUT2D eigenvalue weighted by atomic mass is 10.2. The number of carbonyl (C=O) groups is 1. The highest BCUT2D eigenvalue weighted by Crippen LogP contribution is 2.22. The van der Waals surface area contributed by atoms with Gasteiger partial charge >= 0.3 is 0 Å². The topological polar surface area (TPSA) is 64.3 Å². The van der Waals surface area contributed by atoms with Crippen molar-refractivity contribution in [1.29, 1.82) is 0 Å². The van der Waals surface area contributed by atoms with Crippen molar-refractivity contribution in [3.63, 3.8) is 0 Å². The molecule has 3 N–H and O–H groups in total. The molecule has 0 radical (unpaired) electrons. The van der Waals surface area contributed by atoms with Crippen molar-refractivity contribution >= 4 is 17.7 Å². The molecule has 0 bridgehead atoms. The Labute approximate surface area is 102 Å². The predicted octanol–water partition coefficient (Wildman–Crippen LogP) is 0.752. The molecule has 5 heteroatoms. The molecule has 1 aliphatic rings. The summed E-state index contributed by atoms with van der Waals surface area (Å²) >= 11 is 1.84. The van der Waals surface area contributed by atoms with Gasteiger partial charge in [0.1, 0.15) is 0 Å². The number of thioether (sulfide) groups is 1. The van der Waals surface area contributed by atoms with E-state index < -0.39 is 0 Å². The van der Waals surface area contributed by atoms with Crippen LogP contribution in [0.1, 0.15) is 26.2 Å². The second-order valence-electron chi connectivity index (χ2n) is 4.05. The zero-order valence-corrected chi connectivity index (χ0v) is 10.7. The summed E-state index contributed by atoms with van der Waals surface area (Å²) in [7, 11) is 0. The van der Waals surface area contributed by atoms with E-state index in [0.29, 0.717) is 5.25 Å². The molecule has 4 nitrogen and oxygen atoms in total. The van der Waals surface area contributed by atoms with Gasteiger partial charge in [-0.2, -0.15) is 11.8 Å². The number of nitrogens with two attached hydrogens (primary N) is 1. The van der Waals surface area contributed by atoms with Crippen LogP contribution in [-0.2, 0) is 9.53 Å². The van der Waals surface area contributed by atoms with Crippen LogP contribution in [-0.4, -0.2) is 42.7 Å². The minimum Gasteiger partial charge on any atom is -0.381 e. The Morgan fingerprint density at radius 3 is 2.81 bits per heavy atom. The van der Waals surface area contributed by atoms with Crippen molar-refractivity contribution < 1.29 is 9.53 Å². The Balaban J connectivity index is 2.22. The van der Waals surface area contributed by atoms with Crippen LogP contribution in [0.2, 0.25) is 0 Å².